The first-order valence-electron chi connectivity index (χ1n) is 7.25. The van der Waals surface area contributed by atoms with Gasteiger partial charge >= 0.3 is 0 Å². The average Bonchev–Trinajstić information content (AvgIpc) is 2.61. The van der Waals surface area contributed by atoms with E-state index in [2.05, 4.69) is 17.5 Å². The maximum Gasteiger partial charge on any atom is 0.277 e. The van der Waals surface area contributed by atoms with Gasteiger partial charge in [0.15, 0.2) is 6.61 Å². The number of hydrazone groups is 1. The van der Waals surface area contributed by atoms with Crippen LogP contribution in [0.25, 0.3) is 0 Å². The number of benzene rings is 2. The molecule has 0 spiro atoms. The van der Waals surface area contributed by atoms with Gasteiger partial charge in [0.2, 0.25) is 0 Å². The van der Waals surface area contributed by atoms with Crippen molar-refractivity contribution in [3.05, 3.63) is 65.2 Å². The molecule has 0 atom stereocenters. The largest absolute Gasteiger partial charge is 0.484 e. The number of carbonyl (C=O) groups excluding carboxylic acids is 1. The minimum absolute atomic E-state index is 0.101. The van der Waals surface area contributed by atoms with Gasteiger partial charge in [0, 0.05) is 0 Å². The van der Waals surface area contributed by atoms with Crippen molar-refractivity contribution in [1.82, 2.24) is 5.43 Å². The summed E-state index contributed by atoms with van der Waals surface area (Å²) in [5.41, 5.74) is 4.98. The summed E-state index contributed by atoms with van der Waals surface area (Å²) in [7, 11) is 0. The molecule has 0 aliphatic heterocycles. The topological polar surface area (TPSA) is 74.5 Å². The van der Waals surface area contributed by atoms with Crippen LogP contribution in [0.4, 0.5) is 0 Å². The van der Waals surface area contributed by atoms with Crippen LogP contribution in [0, 0.1) is 11.3 Å². The molecule has 0 radical (unpaired) electrons. The minimum Gasteiger partial charge on any atom is -0.484 e. The van der Waals surface area contributed by atoms with E-state index in [0.717, 1.165) is 12.0 Å². The molecule has 5 heteroatoms. The van der Waals surface area contributed by atoms with Gasteiger partial charge in [0.05, 0.1) is 17.8 Å². The van der Waals surface area contributed by atoms with Crippen LogP contribution in [-0.4, -0.2) is 18.7 Å². The van der Waals surface area contributed by atoms with Crippen LogP contribution in [0.2, 0.25) is 0 Å². The first-order valence-corrected chi connectivity index (χ1v) is 7.25. The molecule has 116 valence electrons. The molecule has 2 rings (SSSR count). The molecule has 1 amide bonds. The number of carbonyl (C=O) groups is 1. The second-order valence-electron chi connectivity index (χ2n) is 4.81. The lowest BCUT2D eigenvalue weighted by atomic mass is 10.2. The highest BCUT2D eigenvalue weighted by molar-refractivity contribution is 5.83. The zero-order chi connectivity index (χ0) is 16.5. The van der Waals surface area contributed by atoms with Gasteiger partial charge in [0.1, 0.15) is 5.75 Å². The highest BCUT2D eigenvalue weighted by Gasteiger charge is 2.01. The number of rotatable bonds is 6. The van der Waals surface area contributed by atoms with Crippen molar-refractivity contribution in [2.75, 3.05) is 6.61 Å². The molecule has 1 N–H and O–H groups in total. The lowest BCUT2D eigenvalue weighted by Gasteiger charge is -2.05. The van der Waals surface area contributed by atoms with Gasteiger partial charge in [-0.1, -0.05) is 31.2 Å². The molecule has 0 fully saturated rings. The van der Waals surface area contributed by atoms with E-state index in [-0.39, 0.29) is 12.5 Å². The molecule has 0 aliphatic rings. The Labute approximate surface area is 135 Å². The molecule has 0 aliphatic carbocycles. The Kier molecular flexibility index (Phi) is 5.89. The molecular weight excluding hydrogens is 290 g/mol. The van der Waals surface area contributed by atoms with E-state index in [1.807, 2.05) is 30.3 Å². The van der Waals surface area contributed by atoms with E-state index >= 15 is 0 Å². The third kappa shape index (κ3) is 5.29. The average molecular weight is 307 g/mol. The number of hydrogen-bond donors (Lipinski definition) is 1. The van der Waals surface area contributed by atoms with Crippen LogP contribution >= 0.6 is 0 Å². The summed E-state index contributed by atoms with van der Waals surface area (Å²) < 4.78 is 5.38. The van der Waals surface area contributed by atoms with E-state index in [4.69, 9.17) is 10.00 Å². The first-order chi connectivity index (χ1) is 11.2. The van der Waals surface area contributed by atoms with Gasteiger partial charge in [-0.25, -0.2) is 5.43 Å². The molecule has 0 aromatic heterocycles. The summed E-state index contributed by atoms with van der Waals surface area (Å²) in [5, 5.41) is 12.6. The fraction of sp³-hybridized carbons (Fsp3) is 0.167. The predicted molar refractivity (Wildman–Crippen MR) is 88.2 cm³/mol. The standard InChI is InChI=1S/C18H17N3O2/c1-2-14-7-9-17(10-8-14)23-13-18(22)21-20-12-16-5-3-15(11-19)4-6-16/h3-10,12H,2,13H2,1H3,(H,21,22). The van der Waals surface area contributed by atoms with Crippen LogP contribution in [0.5, 0.6) is 5.75 Å². The Morgan fingerprint density at radius 3 is 2.52 bits per heavy atom. The monoisotopic (exact) mass is 307 g/mol. The molecule has 23 heavy (non-hydrogen) atoms. The van der Waals surface area contributed by atoms with Crippen molar-refractivity contribution in [1.29, 1.82) is 5.26 Å². The second kappa shape index (κ2) is 8.35. The number of amides is 1. The van der Waals surface area contributed by atoms with Crippen LogP contribution in [0.3, 0.4) is 0 Å². The SMILES string of the molecule is CCc1ccc(OCC(=O)NN=Cc2ccc(C#N)cc2)cc1. The summed E-state index contributed by atoms with van der Waals surface area (Å²) >= 11 is 0. The Bertz CT molecular complexity index is 713. The summed E-state index contributed by atoms with van der Waals surface area (Å²) in [6.07, 6.45) is 2.47. The zero-order valence-corrected chi connectivity index (χ0v) is 12.8. The molecular formula is C18H17N3O2. The number of nitrogens with one attached hydrogen (secondary N) is 1. The zero-order valence-electron chi connectivity index (χ0n) is 12.8. The predicted octanol–water partition coefficient (Wildman–Crippen LogP) is 2.65. The Balaban J connectivity index is 1.77. The normalized spacial score (nSPS) is 10.3. The Morgan fingerprint density at radius 1 is 1.22 bits per heavy atom. The van der Waals surface area contributed by atoms with Crippen molar-refractivity contribution >= 4 is 12.1 Å². The lowest BCUT2D eigenvalue weighted by molar-refractivity contribution is -0.123. The Morgan fingerprint density at radius 2 is 1.91 bits per heavy atom. The molecule has 0 unspecified atom stereocenters. The van der Waals surface area contributed by atoms with E-state index < -0.39 is 0 Å². The van der Waals surface area contributed by atoms with E-state index in [1.54, 1.807) is 24.3 Å². The van der Waals surface area contributed by atoms with Crippen molar-refractivity contribution in [3.8, 4) is 11.8 Å². The van der Waals surface area contributed by atoms with Crippen molar-refractivity contribution in [2.24, 2.45) is 5.10 Å². The maximum atomic E-state index is 11.6. The molecule has 0 saturated heterocycles. The maximum absolute atomic E-state index is 11.6. The minimum atomic E-state index is -0.338. The van der Waals surface area contributed by atoms with Gasteiger partial charge in [-0.05, 0) is 41.8 Å². The number of ether oxygens (including phenoxy) is 1. The van der Waals surface area contributed by atoms with Gasteiger partial charge < -0.3 is 4.74 Å². The van der Waals surface area contributed by atoms with Crippen molar-refractivity contribution in [3.63, 3.8) is 0 Å². The van der Waals surface area contributed by atoms with Crippen molar-refractivity contribution < 1.29 is 9.53 Å². The molecule has 0 heterocycles. The van der Waals surface area contributed by atoms with Gasteiger partial charge in [-0.2, -0.15) is 10.4 Å². The third-order valence-corrected chi connectivity index (χ3v) is 3.14. The number of nitriles is 1. The highest BCUT2D eigenvalue weighted by Crippen LogP contribution is 2.12. The number of hydrogen-bond acceptors (Lipinski definition) is 4. The molecule has 2 aromatic carbocycles. The van der Waals surface area contributed by atoms with Gasteiger partial charge in [-0.15, -0.1) is 0 Å². The molecule has 2 aromatic rings. The third-order valence-electron chi connectivity index (χ3n) is 3.14. The number of nitrogens with zero attached hydrogens (tertiary/aromatic N) is 2. The molecule has 5 nitrogen and oxygen atoms in total. The fourth-order valence-electron chi connectivity index (χ4n) is 1.83. The summed E-state index contributed by atoms with van der Waals surface area (Å²) in [5.74, 6) is 0.308. The van der Waals surface area contributed by atoms with Crippen LogP contribution in [0.15, 0.2) is 53.6 Å². The number of aryl methyl sites for hydroxylation is 1. The Hall–Kier alpha value is -3.13. The van der Waals surface area contributed by atoms with E-state index in [1.165, 1.54) is 11.8 Å². The highest BCUT2D eigenvalue weighted by atomic mass is 16.5. The van der Waals surface area contributed by atoms with E-state index in [9.17, 15) is 4.79 Å². The molecule has 0 saturated carbocycles. The van der Waals surface area contributed by atoms with Crippen LogP contribution < -0.4 is 10.2 Å². The fourth-order valence-corrected chi connectivity index (χ4v) is 1.83. The summed E-state index contributed by atoms with van der Waals surface area (Å²) in [6.45, 7) is 1.98. The van der Waals surface area contributed by atoms with Gasteiger partial charge in [-0.3, -0.25) is 4.79 Å². The second-order valence-corrected chi connectivity index (χ2v) is 4.81. The van der Waals surface area contributed by atoms with E-state index in [0.29, 0.717) is 11.3 Å². The van der Waals surface area contributed by atoms with Gasteiger partial charge in [0.25, 0.3) is 5.91 Å². The first kappa shape index (κ1) is 16.2. The quantitative estimate of drug-likeness (QED) is 0.658. The molecule has 0 bridgehead atoms. The van der Waals surface area contributed by atoms with Crippen LogP contribution in [0.1, 0.15) is 23.6 Å². The summed E-state index contributed by atoms with van der Waals surface area (Å²) in [6, 6.07) is 16.5. The van der Waals surface area contributed by atoms with Crippen molar-refractivity contribution in [2.45, 2.75) is 13.3 Å². The smallest absolute Gasteiger partial charge is 0.277 e. The van der Waals surface area contributed by atoms with Crippen LogP contribution in [-0.2, 0) is 11.2 Å². The lowest BCUT2D eigenvalue weighted by Crippen LogP contribution is -2.24. The summed E-state index contributed by atoms with van der Waals surface area (Å²) in [4.78, 5) is 11.6.